The summed E-state index contributed by atoms with van der Waals surface area (Å²) in [7, 11) is 3.89. The second kappa shape index (κ2) is 8.23. The van der Waals surface area contributed by atoms with Crippen LogP contribution in [0.15, 0.2) is 46.6 Å². The topological polar surface area (TPSA) is 92.5 Å². The molecule has 1 atom stereocenters. The van der Waals surface area contributed by atoms with Gasteiger partial charge in [-0.25, -0.2) is 0 Å². The summed E-state index contributed by atoms with van der Waals surface area (Å²) in [6.07, 6.45) is 2.17. The molecule has 2 aliphatic heterocycles. The van der Waals surface area contributed by atoms with E-state index in [0.29, 0.717) is 49.0 Å². The van der Waals surface area contributed by atoms with Crippen molar-refractivity contribution in [3.05, 3.63) is 53.5 Å². The normalized spacial score (nSPS) is 20.2. The lowest BCUT2D eigenvalue weighted by Crippen LogP contribution is -2.32. The number of carbonyl (C=O) groups excluding carboxylic acids is 2. The van der Waals surface area contributed by atoms with Crippen molar-refractivity contribution >= 4 is 17.4 Å². The van der Waals surface area contributed by atoms with E-state index in [9.17, 15) is 14.7 Å². The predicted molar refractivity (Wildman–Crippen MR) is 108 cm³/mol. The van der Waals surface area contributed by atoms with Crippen LogP contribution in [0.2, 0.25) is 0 Å². The number of benzene rings is 1. The summed E-state index contributed by atoms with van der Waals surface area (Å²) in [4.78, 5) is 29.2. The molecule has 1 aromatic carbocycles. The maximum Gasteiger partial charge on any atom is 0.295 e. The van der Waals surface area contributed by atoms with E-state index in [0.717, 1.165) is 6.54 Å². The van der Waals surface area contributed by atoms with Gasteiger partial charge in [0.15, 0.2) is 11.5 Å². The van der Waals surface area contributed by atoms with Crippen molar-refractivity contribution in [2.75, 3.05) is 40.4 Å². The molecule has 2 aromatic rings. The molecular formula is C22H24N2O6. The fourth-order valence-corrected chi connectivity index (χ4v) is 3.76. The van der Waals surface area contributed by atoms with E-state index >= 15 is 0 Å². The van der Waals surface area contributed by atoms with Crippen LogP contribution in [-0.4, -0.2) is 67.0 Å². The van der Waals surface area contributed by atoms with Gasteiger partial charge in [0.25, 0.3) is 11.7 Å². The highest BCUT2D eigenvalue weighted by Crippen LogP contribution is 2.41. The van der Waals surface area contributed by atoms with E-state index in [1.165, 1.54) is 11.2 Å². The van der Waals surface area contributed by atoms with Crippen LogP contribution >= 0.6 is 0 Å². The van der Waals surface area contributed by atoms with Gasteiger partial charge in [-0.2, -0.15) is 0 Å². The van der Waals surface area contributed by atoms with E-state index < -0.39 is 17.7 Å². The van der Waals surface area contributed by atoms with Crippen LogP contribution in [0, 0.1) is 0 Å². The highest BCUT2D eigenvalue weighted by molar-refractivity contribution is 6.46. The van der Waals surface area contributed by atoms with Crippen molar-refractivity contribution in [3.63, 3.8) is 0 Å². The molecule has 1 amide bonds. The maximum absolute atomic E-state index is 12.9. The molecule has 3 heterocycles. The van der Waals surface area contributed by atoms with Gasteiger partial charge < -0.3 is 28.8 Å². The van der Waals surface area contributed by atoms with Gasteiger partial charge in [0, 0.05) is 12.1 Å². The number of carbonyl (C=O) groups is 2. The molecule has 1 saturated heterocycles. The molecule has 8 nitrogen and oxygen atoms in total. The summed E-state index contributed by atoms with van der Waals surface area (Å²) in [6, 6.07) is 7.55. The van der Waals surface area contributed by atoms with Gasteiger partial charge in [-0.05, 0) is 57.4 Å². The first-order chi connectivity index (χ1) is 14.5. The Balaban J connectivity index is 1.74. The Morgan fingerprint density at radius 3 is 2.63 bits per heavy atom. The van der Waals surface area contributed by atoms with Gasteiger partial charge in [0.1, 0.15) is 30.8 Å². The predicted octanol–water partition coefficient (Wildman–Crippen LogP) is 2.42. The van der Waals surface area contributed by atoms with Crippen LogP contribution < -0.4 is 9.47 Å². The zero-order valence-corrected chi connectivity index (χ0v) is 17.0. The summed E-state index contributed by atoms with van der Waals surface area (Å²) in [5, 5.41) is 11.0. The van der Waals surface area contributed by atoms with Crippen LogP contribution in [0.1, 0.15) is 23.8 Å². The van der Waals surface area contributed by atoms with Crippen LogP contribution in [0.3, 0.4) is 0 Å². The van der Waals surface area contributed by atoms with Crippen LogP contribution in [0.5, 0.6) is 11.5 Å². The third kappa shape index (κ3) is 3.66. The second-order valence-corrected chi connectivity index (χ2v) is 7.52. The van der Waals surface area contributed by atoms with Gasteiger partial charge in [0.05, 0.1) is 11.8 Å². The number of nitrogens with zero attached hydrogens (tertiary/aromatic N) is 2. The van der Waals surface area contributed by atoms with Crippen LogP contribution in [0.25, 0.3) is 5.76 Å². The van der Waals surface area contributed by atoms with E-state index in [4.69, 9.17) is 13.9 Å². The number of hydrogen-bond acceptors (Lipinski definition) is 7. The third-order valence-corrected chi connectivity index (χ3v) is 5.17. The Hall–Kier alpha value is -3.26. The quantitative estimate of drug-likeness (QED) is 0.443. The maximum atomic E-state index is 12.9. The number of likely N-dealkylation sites (tertiary alicyclic amines) is 1. The number of rotatable bonds is 6. The number of ketones is 1. The van der Waals surface area contributed by atoms with E-state index in [1.54, 1.807) is 30.3 Å². The first-order valence-electron chi connectivity index (χ1n) is 9.84. The van der Waals surface area contributed by atoms with Crippen molar-refractivity contribution in [2.24, 2.45) is 0 Å². The number of fused-ring (bicyclic) bond motifs is 1. The fraction of sp³-hybridized carbons (Fsp3) is 0.364. The molecule has 2 aliphatic rings. The largest absolute Gasteiger partial charge is 0.507 e. The smallest absolute Gasteiger partial charge is 0.295 e. The molecule has 0 bridgehead atoms. The lowest BCUT2D eigenvalue weighted by Gasteiger charge is -2.24. The molecule has 1 fully saturated rings. The fourth-order valence-electron chi connectivity index (χ4n) is 3.76. The van der Waals surface area contributed by atoms with E-state index in [1.807, 2.05) is 19.0 Å². The summed E-state index contributed by atoms with van der Waals surface area (Å²) in [6.45, 7) is 1.98. The number of ether oxygens (including phenoxy) is 2. The van der Waals surface area contributed by atoms with Crippen LogP contribution in [0.4, 0.5) is 0 Å². The zero-order chi connectivity index (χ0) is 21.3. The molecule has 1 N–H and O–H groups in total. The van der Waals surface area contributed by atoms with Crippen LogP contribution in [-0.2, 0) is 9.59 Å². The molecule has 0 radical (unpaired) electrons. The second-order valence-electron chi connectivity index (χ2n) is 7.52. The van der Waals surface area contributed by atoms with Gasteiger partial charge in [-0.15, -0.1) is 0 Å². The Labute approximate surface area is 174 Å². The average molecular weight is 412 g/mol. The van der Waals surface area contributed by atoms with Gasteiger partial charge in [-0.1, -0.05) is 0 Å². The first kappa shape index (κ1) is 20.0. The molecule has 158 valence electrons. The van der Waals surface area contributed by atoms with E-state index in [2.05, 4.69) is 0 Å². The minimum Gasteiger partial charge on any atom is -0.507 e. The Kier molecular flexibility index (Phi) is 5.50. The number of amides is 1. The molecule has 1 aromatic heterocycles. The minimum absolute atomic E-state index is 0.0106. The van der Waals surface area contributed by atoms with Crippen molar-refractivity contribution in [3.8, 4) is 11.5 Å². The number of furan rings is 1. The molecule has 0 aliphatic carbocycles. The van der Waals surface area contributed by atoms with Gasteiger partial charge in [-0.3, -0.25) is 9.59 Å². The standard InChI is InChI=1S/C22H24N2O6/c1-23(2)8-4-9-24-19(16-5-3-10-28-16)18(21(26)22(24)27)20(25)14-6-7-15-17(13-14)30-12-11-29-15/h3,5-7,10,13,19,25H,4,8-9,11-12H2,1-2H3/b20-18+/t19-/m0/s1. The zero-order valence-electron chi connectivity index (χ0n) is 17.0. The number of hydrogen-bond donors (Lipinski definition) is 1. The monoisotopic (exact) mass is 412 g/mol. The molecule has 4 rings (SSSR count). The average Bonchev–Trinajstić information content (AvgIpc) is 3.35. The van der Waals surface area contributed by atoms with Crippen molar-refractivity contribution < 1.29 is 28.6 Å². The molecule has 8 heteroatoms. The van der Waals surface area contributed by atoms with Gasteiger partial charge in [0.2, 0.25) is 0 Å². The minimum atomic E-state index is -0.782. The molecule has 0 saturated carbocycles. The van der Waals surface area contributed by atoms with Crippen molar-refractivity contribution in [1.29, 1.82) is 0 Å². The lowest BCUT2D eigenvalue weighted by molar-refractivity contribution is -0.140. The number of aliphatic hydroxyl groups is 1. The Bertz CT molecular complexity index is 980. The molecule has 0 unspecified atom stereocenters. The summed E-state index contributed by atoms with van der Waals surface area (Å²) >= 11 is 0. The third-order valence-electron chi connectivity index (χ3n) is 5.17. The van der Waals surface area contributed by atoms with Crippen molar-refractivity contribution in [2.45, 2.75) is 12.5 Å². The lowest BCUT2D eigenvalue weighted by atomic mass is 9.99. The number of Topliss-reactive ketones (excluding diaryl/α,β-unsaturated/α-hetero) is 1. The van der Waals surface area contributed by atoms with E-state index in [-0.39, 0.29) is 11.3 Å². The molecule has 0 spiro atoms. The summed E-state index contributed by atoms with van der Waals surface area (Å²) in [5.41, 5.74) is 0.388. The highest BCUT2D eigenvalue weighted by Gasteiger charge is 2.47. The Morgan fingerprint density at radius 1 is 1.17 bits per heavy atom. The summed E-state index contributed by atoms with van der Waals surface area (Å²) in [5.74, 6) is -0.146. The SMILES string of the molecule is CN(C)CCCN1C(=O)C(=O)/C(=C(/O)c2ccc3c(c2)OCCO3)[C@@H]1c1ccco1. The molecule has 30 heavy (non-hydrogen) atoms. The Morgan fingerprint density at radius 2 is 1.93 bits per heavy atom. The highest BCUT2D eigenvalue weighted by atomic mass is 16.6. The first-order valence-corrected chi connectivity index (χ1v) is 9.84. The van der Waals surface area contributed by atoms with Crippen molar-refractivity contribution in [1.82, 2.24) is 9.80 Å². The van der Waals surface area contributed by atoms with Gasteiger partial charge >= 0.3 is 0 Å². The number of aliphatic hydroxyl groups excluding tert-OH is 1. The molecular weight excluding hydrogens is 388 g/mol. The summed E-state index contributed by atoms with van der Waals surface area (Å²) < 4.78 is 16.6.